The second kappa shape index (κ2) is 12.7. The summed E-state index contributed by atoms with van der Waals surface area (Å²) in [5.74, 6) is 7.60. The number of nitrogens with one attached hydrogen (secondary N) is 1. The van der Waals surface area contributed by atoms with Crippen LogP contribution in [0.15, 0.2) is 11.4 Å². The second-order valence-corrected chi connectivity index (χ2v) is 9.22. The van der Waals surface area contributed by atoms with Gasteiger partial charge in [-0.25, -0.2) is 10.6 Å². The molecule has 0 aromatic heterocycles. The molecule has 1 amide bonds. The number of hydrazine groups is 1. The lowest BCUT2D eigenvalue weighted by atomic mass is 10.0. The van der Waals surface area contributed by atoms with E-state index in [1.807, 2.05) is 0 Å². The number of hydrogen-bond donors (Lipinski definition) is 6. The van der Waals surface area contributed by atoms with Crippen LogP contribution in [-0.2, 0) is 14.2 Å². The lowest BCUT2D eigenvalue weighted by molar-refractivity contribution is -0.00612. The van der Waals surface area contributed by atoms with Gasteiger partial charge in [0.25, 0.3) is 0 Å². The summed E-state index contributed by atoms with van der Waals surface area (Å²) in [4.78, 5) is 10.9. The smallest absolute Gasteiger partial charge is 0.407 e. The molecule has 0 radical (unpaired) electrons. The molecule has 1 saturated carbocycles. The molecule has 0 saturated heterocycles. The maximum absolute atomic E-state index is 11.8. The van der Waals surface area contributed by atoms with E-state index in [2.05, 4.69) is 17.9 Å². The fourth-order valence-electron chi connectivity index (χ4n) is 4.05. The van der Waals surface area contributed by atoms with Gasteiger partial charge in [0.2, 0.25) is 0 Å². The largest absolute Gasteiger partial charge is 0.449 e. The summed E-state index contributed by atoms with van der Waals surface area (Å²) in [5.41, 5.74) is 8.04. The van der Waals surface area contributed by atoms with Crippen molar-refractivity contribution in [2.45, 2.75) is 37.5 Å². The highest BCUT2D eigenvalue weighted by Gasteiger charge is 2.50. The fraction of sp³-hybridized carbons (Fsp3) is 0.850. The van der Waals surface area contributed by atoms with Crippen molar-refractivity contribution in [2.24, 2.45) is 29.3 Å². The maximum Gasteiger partial charge on any atom is 0.407 e. The number of carbonyl (C=O) groups excluding carboxylic acids is 1. The van der Waals surface area contributed by atoms with Crippen LogP contribution in [0.25, 0.3) is 0 Å². The van der Waals surface area contributed by atoms with Gasteiger partial charge in [0, 0.05) is 17.9 Å². The van der Waals surface area contributed by atoms with E-state index in [-0.39, 0.29) is 19.8 Å². The third kappa shape index (κ3) is 8.66. The molecule has 0 spiro atoms. The van der Waals surface area contributed by atoms with Gasteiger partial charge in [-0.15, -0.1) is 12.6 Å². The predicted octanol–water partition coefficient (Wildman–Crippen LogP) is 0.159. The van der Waals surface area contributed by atoms with Crippen LogP contribution in [0, 0.1) is 17.8 Å². The molecule has 1 fully saturated rings. The van der Waals surface area contributed by atoms with E-state index in [4.69, 9.17) is 30.9 Å². The molecule has 4 atom stereocenters. The summed E-state index contributed by atoms with van der Waals surface area (Å²) in [6.07, 6.45) is 2.98. The highest BCUT2D eigenvalue weighted by Crippen LogP contribution is 2.53. The molecule has 0 heterocycles. The average Bonchev–Trinajstić information content (AvgIpc) is 3.39. The number of alkyl carbamates (subject to hydrolysis) is 1. The lowest BCUT2D eigenvalue weighted by Gasteiger charge is -2.28. The Labute approximate surface area is 189 Å². The summed E-state index contributed by atoms with van der Waals surface area (Å²) < 4.78 is 16.0. The van der Waals surface area contributed by atoms with Gasteiger partial charge in [-0.05, 0) is 50.4 Å². The lowest BCUT2D eigenvalue weighted by Crippen LogP contribution is -2.38. The standard InChI is InChI=1S/C20H38N4O6S/c1-20(31,13-26)30-10-7-24(22)18-5-3-15-14(2-4-17(18)21)16(15)12-29-19(27)23-6-9-28-11-8-25/h14-16,25-26,31H,2-13,21-22H2,1H3,(H,23,27)/b18-17-. The van der Waals surface area contributed by atoms with Crippen molar-refractivity contribution in [3.63, 3.8) is 0 Å². The number of aliphatic hydroxyl groups is 2. The minimum Gasteiger partial charge on any atom is -0.449 e. The number of hydrogen-bond acceptors (Lipinski definition) is 10. The minimum atomic E-state index is -0.894. The van der Waals surface area contributed by atoms with Crippen LogP contribution in [-0.4, -0.2) is 79.0 Å². The minimum absolute atomic E-state index is 0.0372. The van der Waals surface area contributed by atoms with Crippen LogP contribution in [0.3, 0.4) is 0 Å². The fourth-order valence-corrected chi connectivity index (χ4v) is 4.14. The average molecular weight is 463 g/mol. The molecule has 31 heavy (non-hydrogen) atoms. The second-order valence-electron chi connectivity index (χ2n) is 8.28. The van der Waals surface area contributed by atoms with Crippen LogP contribution in [0.1, 0.15) is 32.6 Å². The Morgan fingerprint density at radius 3 is 2.65 bits per heavy atom. The summed E-state index contributed by atoms with van der Waals surface area (Å²) in [6.45, 7) is 3.60. The Bertz CT molecular complexity index is 606. The zero-order valence-electron chi connectivity index (χ0n) is 18.3. The number of ether oxygens (including phenoxy) is 3. The Hall–Kier alpha value is -1.24. The topological polar surface area (TPSA) is 153 Å². The molecule has 10 nitrogen and oxygen atoms in total. The Kier molecular flexibility index (Phi) is 10.7. The van der Waals surface area contributed by atoms with E-state index in [1.165, 1.54) is 0 Å². The van der Waals surface area contributed by atoms with Gasteiger partial charge < -0.3 is 40.5 Å². The Morgan fingerprint density at radius 1 is 1.26 bits per heavy atom. The van der Waals surface area contributed by atoms with Crippen molar-refractivity contribution >= 4 is 18.7 Å². The van der Waals surface area contributed by atoms with Crippen molar-refractivity contribution in [1.29, 1.82) is 0 Å². The van der Waals surface area contributed by atoms with Crippen molar-refractivity contribution in [3.8, 4) is 0 Å². The zero-order chi connectivity index (χ0) is 22.9. The number of nitrogens with two attached hydrogens (primary N) is 2. The van der Waals surface area contributed by atoms with Gasteiger partial charge >= 0.3 is 6.09 Å². The number of amides is 1. The monoisotopic (exact) mass is 462 g/mol. The number of allylic oxidation sites excluding steroid dienone is 2. The first-order valence-electron chi connectivity index (χ1n) is 10.8. The molecule has 0 aliphatic heterocycles. The molecule has 11 heteroatoms. The van der Waals surface area contributed by atoms with E-state index in [0.717, 1.165) is 37.1 Å². The van der Waals surface area contributed by atoms with E-state index in [0.29, 0.717) is 50.7 Å². The number of carbonyl (C=O) groups is 1. The molecule has 180 valence electrons. The first-order chi connectivity index (χ1) is 14.8. The van der Waals surface area contributed by atoms with Gasteiger partial charge in [0.15, 0.2) is 0 Å². The Balaban J connectivity index is 1.70. The van der Waals surface area contributed by atoms with Crippen LogP contribution in [0.2, 0.25) is 0 Å². The van der Waals surface area contributed by atoms with E-state index in [1.54, 1.807) is 11.9 Å². The van der Waals surface area contributed by atoms with Crippen molar-refractivity contribution in [3.05, 3.63) is 11.4 Å². The van der Waals surface area contributed by atoms with Gasteiger partial charge in [-0.3, -0.25) is 0 Å². The molecule has 7 N–H and O–H groups in total. The third-order valence-electron chi connectivity index (χ3n) is 5.88. The molecule has 0 bridgehead atoms. The molecule has 4 unspecified atom stereocenters. The number of rotatable bonds is 13. The molecular weight excluding hydrogens is 424 g/mol. The third-order valence-corrected chi connectivity index (χ3v) is 6.16. The summed E-state index contributed by atoms with van der Waals surface area (Å²) in [7, 11) is 0. The van der Waals surface area contributed by atoms with Crippen molar-refractivity contribution < 1.29 is 29.2 Å². The first kappa shape index (κ1) is 26.0. The van der Waals surface area contributed by atoms with E-state index < -0.39 is 11.0 Å². The maximum atomic E-state index is 11.8. The van der Waals surface area contributed by atoms with Crippen LogP contribution < -0.4 is 16.9 Å². The predicted molar refractivity (Wildman–Crippen MR) is 119 cm³/mol. The highest BCUT2D eigenvalue weighted by molar-refractivity contribution is 7.81. The molecule has 2 aliphatic carbocycles. The van der Waals surface area contributed by atoms with Crippen LogP contribution in [0.5, 0.6) is 0 Å². The highest BCUT2D eigenvalue weighted by atomic mass is 32.1. The summed E-state index contributed by atoms with van der Waals surface area (Å²) >= 11 is 4.24. The van der Waals surface area contributed by atoms with Gasteiger partial charge in [0.05, 0.1) is 46.2 Å². The van der Waals surface area contributed by atoms with Crippen molar-refractivity contribution in [2.75, 3.05) is 52.7 Å². The van der Waals surface area contributed by atoms with E-state index in [9.17, 15) is 9.90 Å². The normalized spacial score (nSPS) is 27.5. The van der Waals surface area contributed by atoms with E-state index >= 15 is 0 Å². The summed E-state index contributed by atoms with van der Waals surface area (Å²) in [6, 6.07) is 0. The summed E-state index contributed by atoms with van der Waals surface area (Å²) in [5, 5.41) is 22.1. The van der Waals surface area contributed by atoms with Crippen LogP contribution in [0.4, 0.5) is 4.79 Å². The van der Waals surface area contributed by atoms with Crippen molar-refractivity contribution in [1.82, 2.24) is 10.3 Å². The number of thiol groups is 1. The van der Waals surface area contributed by atoms with Gasteiger partial charge in [0.1, 0.15) is 4.93 Å². The van der Waals surface area contributed by atoms with Crippen LogP contribution >= 0.6 is 12.6 Å². The Morgan fingerprint density at radius 2 is 1.97 bits per heavy atom. The number of fused-ring (bicyclic) bond motifs is 1. The quantitative estimate of drug-likeness (QED) is 0.0739. The van der Waals surface area contributed by atoms with Gasteiger partial charge in [-0.1, -0.05) is 0 Å². The molecule has 0 aromatic carbocycles. The molecule has 0 aromatic rings. The first-order valence-corrected chi connectivity index (χ1v) is 11.3. The molecule has 2 rings (SSSR count). The number of nitrogens with zero attached hydrogens (tertiary/aromatic N) is 1. The van der Waals surface area contributed by atoms with Gasteiger partial charge in [-0.2, -0.15) is 0 Å². The zero-order valence-corrected chi connectivity index (χ0v) is 19.2. The molecule has 2 aliphatic rings. The number of aliphatic hydroxyl groups excluding tert-OH is 2. The molecular formula is C20H38N4O6S. The SMILES string of the molecule is CC(S)(CO)OCCN(N)/C1=C(\N)CCC2C(CC1)C2COC(=O)NCCOCCO.